The Labute approximate surface area is 119 Å². The first-order valence-corrected chi connectivity index (χ1v) is 8.32. The number of likely N-dealkylation sites (N-methyl/N-ethyl adjacent to an activating group) is 1. The monoisotopic (exact) mass is 265 g/mol. The number of hydrogen-bond donors (Lipinski definition) is 1. The van der Waals surface area contributed by atoms with Crippen molar-refractivity contribution in [1.29, 1.82) is 0 Å². The summed E-state index contributed by atoms with van der Waals surface area (Å²) in [7, 11) is 2.11. The lowest BCUT2D eigenvalue weighted by atomic mass is 9.83. The van der Waals surface area contributed by atoms with Crippen LogP contribution in [0.15, 0.2) is 11.6 Å². The maximum Gasteiger partial charge on any atom is 0.0872 e. The number of nitrogens with one attached hydrogen (secondary N) is 1. The molecular weight excluding hydrogens is 234 g/mol. The Morgan fingerprint density at radius 1 is 1.16 bits per heavy atom. The Balaban J connectivity index is 2.15. The smallest absolute Gasteiger partial charge is 0.0872 e. The number of rotatable bonds is 5. The molecular formula is C17H31NO. The zero-order valence-corrected chi connectivity index (χ0v) is 12.8. The normalized spacial score (nSPS) is 25.5. The molecule has 2 nitrogen and oxygen atoms in total. The van der Waals surface area contributed by atoms with E-state index in [1.807, 2.05) is 0 Å². The summed E-state index contributed by atoms with van der Waals surface area (Å²) in [5, 5.41) is 3.59. The van der Waals surface area contributed by atoms with Crippen LogP contribution in [0.2, 0.25) is 0 Å². The van der Waals surface area contributed by atoms with E-state index in [0.717, 1.165) is 6.61 Å². The fourth-order valence-electron chi connectivity index (χ4n) is 4.04. The van der Waals surface area contributed by atoms with Crippen LogP contribution < -0.4 is 5.32 Å². The molecule has 2 aliphatic carbocycles. The highest BCUT2D eigenvalue weighted by Gasteiger charge is 2.42. The Bertz CT molecular complexity index is 292. The van der Waals surface area contributed by atoms with Gasteiger partial charge in [0.25, 0.3) is 0 Å². The van der Waals surface area contributed by atoms with Crippen LogP contribution in [0.25, 0.3) is 0 Å². The zero-order valence-electron chi connectivity index (χ0n) is 12.8. The highest BCUT2D eigenvalue weighted by Crippen LogP contribution is 2.40. The van der Waals surface area contributed by atoms with Crippen LogP contribution in [0.3, 0.4) is 0 Å². The summed E-state index contributed by atoms with van der Waals surface area (Å²) in [6.07, 6.45) is 15.7. The minimum absolute atomic E-state index is 0.0779. The Kier molecular flexibility index (Phi) is 5.90. The molecule has 0 radical (unpaired) electrons. The third-order valence-electron chi connectivity index (χ3n) is 4.89. The summed E-state index contributed by atoms with van der Waals surface area (Å²) in [5.74, 6) is 0. The first-order valence-electron chi connectivity index (χ1n) is 8.32. The maximum atomic E-state index is 6.27. The van der Waals surface area contributed by atoms with E-state index in [1.165, 1.54) is 64.2 Å². The number of hydrogen-bond acceptors (Lipinski definition) is 2. The lowest BCUT2D eigenvalue weighted by molar-refractivity contribution is -0.0521. The van der Waals surface area contributed by atoms with Gasteiger partial charge in [-0.3, -0.25) is 0 Å². The van der Waals surface area contributed by atoms with E-state index in [1.54, 1.807) is 5.57 Å². The van der Waals surface area contributed by atoms with Gasteiger partial charge in [-0.25, -0.2) is 0 Å². The zero-order chi connectivity index (χ0) is 13.6. The van der Waals surface area contributed by atoms with Gasteiger partial charge in [0.1, 0.15) is 0 Å². The van der Waals surface area contributed by atoms with Crippen molar-refractivity contribution in [2.45, 2.75) is 82.8 Å². The van der Waals surface area contributed by atoms with Crippen LogP contribution in [0.5, 0.6) is 0 Å². The molecule has 1 atom stereocenters. The third-order valence-corrected chi connectivity index (χ3v) is 4.89. The van der Waals surface area contributed by atoms with Gasteiger partial charge in [0.15, 0.2) is 0 Å². The molecule has 1 N–H and O–H groups in total. The standard InChI is InChI=1S/C17H31NO/c1-3-19-17(13-9-10-14-17)16(18-2)15-11-7-5-4-6-8-12-15/h11,16,18H,3-10,12-14H2,1-2H3. The summed E-state index contributed by atoms with van der Waals surface area (Å²) in [4.78, 5) is 0. The molecule has 2 rings (SSSR count). The first kappa shape index (κ1) is 15.1. The van der Waals surface area contributed by atoms with E-state index in [2.05, 4.69) is 25.4 Å². The SMILES string of the molecule is CCOC1(C(NC)C2=CCCCCCC2)CCCC1. The van der Waals surface area contributed by atoms with Crippen LogP contribution in [0, 0.1) is 0 Å². The molecule has 0 saturated heterocycles. The van der Waals surface area contributed by atoms with Crippen molar-refractivity contribution in [3.63, 3.8) is 0 Å². The van der Waals surface area contributed by atoms with Gasteiger partial charge < -0.3 is 10.1 Å². The summed E-state index contributed by atoms with van der Waals surface area (Å²) < 4.78 is 6.27. The summed E-state index contributed by atoms with van der Waals surface area (Å²) in [5.41, 5.74) is 1.70. The molecule has 2 aliphatic rings. The van der Waals surface area contributed by atoms with Crippen molar-refractivity contribution in [2.75, 3.05) is 13.7 Å². The molecule has 0 aromatic rings. The predicted molar refractivity (Wildman–Crippen MR) is 81.5 cm³/mol. The van der Waals surface area contributed by atoms with E-state index in [0.29, 0.717) is 6.04 Å². The van der Waals surface area contributed by atoms with Crippen molar-refractivity contribution in [2.24, 2.45) is 0 Å². The van der Waals surface area contributed by atoms with Crippen LogP contribution in [-0.4, -0.2) is 25.3 Å². The molecule has 0 spiro atoms. The first-order chi connectivity index (χ1) is 9.32. The van der Waals surface area contributed by atoms with Crippen molar-refractivity contribution in [1.82, 2.24) is 5.32 Å². The fraction of sp³-hybridized carbons (Fsp3) is 0.882. The van der Waals surface area contributed by atoms with E-state index >= 15 is 0 Å². The van der Waals surface area contributed by atoms with Gasteiger partial charge in [-0.2, -0.15) is 0 Å². The molecule has 0 aromatic carbocycles. The number of allylic oxidation sites excluding steroid dienone is 1. The van der Waals surface area contributed by atoms with E-state index < -0.39 is 0 Å². The van der Waals surface area contributed by atoms with Gasteiger partial charge in [-0.15, -0.1) is 0 Å². The van der Waals surface area contributed by atoms with Gasteiger partial charge in [0.2, 0.25) is 0 Å². The Morgan fingerprint density at radius 3 is 2.58 bits per heavy atom. The summed E-state index contributed by atoms with van der Waals surface area (Å²) in [6.45, 7) is 2.98. The van der Waals surface area contributed by atoms with E-state index in [9.17, 15) is 0 Å². The lowest BCUT2D eigenvalue weighted by Crippen LogP contribution is -2.51. The highest BCUT2D eigenvalue weighted by atomic mass is 16.5. The van der Waals surface area contributed by atoms with Gasteiger partial charge in [0.05, 0.1) is 11.6 Å². The molecule has 2 heteroatoms. The van der Waals surface area contributed by atoms with Crippen molar-refractivity contribution >= 4 is 0 Å². The second-order valence-corrected chi connectivity index (χ2v) is 6.16. The average Bonchev–Trinajstić information content (AvgIpc) is 2.82. The minimum atomic E-state index is 0.0779. The molecule has 1 saturated carbocycles. The molecule has 0 bridgehead atoms. The van der Waals surface area contributed by atoms with Crippen molar-refractivity contribution in [3.8, 4) is 0 Å². The quantitative estimate of drug-likeness (QED) is 0.752. The van der Waals surface area contributed by atoms with Gasteiger partial charge in [-0.1, -0.05) is 37.3 Å². The van der Waals surface area contributed by atoms with Gasteiger partial charge in [-0.05, 0) is 52.5 Å². The molecule has 1 fully saturated rings. The van der Waals surface area contributed by atoms with Crippen molar-refractivity contribution in [3.05, 3.63) is 11.6 Å². The van der Waals surface area contributed by atoms with E-state index in [4.69, 9.17) is 4.74 Å². The topological polar surface area (TPSA) is 21.3 Å². The molecule has 1 unspecified atom stereocenters. The summed E-state index contributed by atoms with van der Waals surface area (Å²) >= 11 is 0. The number of ether oxygens (including phenoxy) is 1. The van der Waals surface area contributed by atoms with Crippen LogP contribution in [0.1, 0.15) is 71.1 Å². The van der Waals surface area contributed by atoms with E-state index in [-0.39, 0.29) is 5.60 Å². The highest BCUT2D eigenvalue weighted by molar-refractivity contribution is 5.19. The molecule has 0 heterocycles. The average molecular weight is 265 g/mol. The minimum Gasteiger partial charge on any atom is -0.373 e. The Hall–Kier alpha value is -0.340. The van der Waals surface area contributed by atoms with Crippen molar-refractivity contribution < 1.29 is 4.74 Å². The second kappa shape index (κ2) is 7.44. The fourth-order valence-corrected chi connectivity index (χ4v) is 4.04. The van der Waals surface area contributed by atoms with Gasteiger partial charge in [0, 0.05) is 6.61 Å². The second-order valence-electron chi connectivity index (χ2n) is 6.16. The molecule has 0 amide bonds. The lowest BCUT2D eigenvalue weighted by Gasteiger charge is -2.39. The molecule has 0 aromatic heterocycles. The van der Waals surface area contributed by atoms with Crippen LogP contribution in [-0.2, 0) is 4.74 Å². The maximum absolute atomic E-state index is 6.27. The molecule has 110 valence electrons. The predicted octanol–water partition coefficient (Wildman–Crippen LogP) is 4.20. The largest absolute Gasteiger partial charge is 0.373 e. The molecule has 19 heavy (non-hydrogen) atoms. The molecule has 0 aliphatic heterocycles. The Morgan fingerprint density at radius 2 is 1.89 bits per heavy atom. The van der Waals surface area contributed by atoms with Crippen LogP contribution >= 0.6 is 0 Å². The summed E-state index contributed by atoms with van der Waals surface area (Å²) in [6, 6.07) is 0.438. The van der Waals surface area contributed by atoms with Crippen LogP contribution in [0.4, 0.5) is 0 Å². The van der Waals surface area contributed by atoms with Gasteiger partial charge >= 0.3 is 0 Å². The third kappa shape index (κ3) is 3.61.